The maximum Gasteiger partial charge on any atom is 0.0456 e. The summed E-state index contributed by atoms with van der Waals surface area (Å²) in [4.78, 5) is 0. The van der Waals surface area contributed by atoms with Crippen LogP contribution in [0.1, 0.15) is 52.0 Å². The Labute approximate surface area is 134 Å². The normalized spacial score (nSPS) is 13.2. The van der Waals surface area contributed by atoms with Crippen molar-refractivity contribution in [1.29, 1.82) is 0 Å². The first-order chi connectivity index (χ1) is 9.51. The molecule has 0 spiro atoms. The van der Waals surface area contributed by atoms with E-state index in [-0.39, 0.29) is 0 Å². The maximum atomic E-state index is 6.41. The second kappa shape index (κ2) is 8.92. The van der Waals surface area contributed by atoms with Crippen molar-refractivity contribution in [1.82, 2.24) is 5.32 Å². The van der Waals surface area contributed by atoms with E-state index in [0.29, 0.717) is 17.8 Å². The van der Waals surface area contributed by atoms with E-state index in [1.165, 1.54) is 0 Å². The monoisotopic (exact) mass is 315 g/mol. The van der Waals surface area contributed by atoms with Gasteiger partial charge in [0.05, 0.1) is 0 Å². The number of hydrogen-bond donors (Lipinski definition) is 1. The first-order valence-corrected chi connectivity index (χ1v) is 8.41. The number of hydrogen-bond acceptors (Lipinski definition) is 1. The summed E-state index contributed by atoms with van der Waals surface area (Å²) in [5, 5.41) is 5.15. The molecular weight excluding hydrogens is 289 g/mol. The summed E-state index contributed by atoms with van der Waals surface area (Å²) in [6, 6.07) is 5.81. The molecule has 0 aliphatic heterocycles. The minimum absolute atomic E-state index is 0.380. The van der Waals surface area contributed by atoms with Gasteiger partial charge in [-0.25, -0.2) is 0 Å². The van der Waals surface area contributed by atoms with Crippen molar-refractivity contribution >= 4 is 23.2 Å². The fraction of sp³-hybridized carbons (Fsp3) is 0.647. The van der Waals surface area contributed by atoms with Crippen LogP contribution in [-0.4, -0.2) is 13.1 Å². The van der Waals surface area contributed by atoms with Gasteiger partial charge in [-0.3, -0.25) is 0 Å². The van der Waals surface area contributed by atoms with Crippen LogP contribution in [0.3, 0.4) is 0 Å². The number of nitrogens with one attached hydrogen (secondary N) is 1. The molecule has 0 aliphatic rings. The molecule has 0 aromatic heterocycles. The van der Waals surface area contributed by atoms with Crippen molar-refractivity contribution < 1.29 is 0 Å². The van der Waals surface area contributed by atoms with Gasteiger partial charge < -0.3 is 5.32 Å². The third-order valence-corrected chi connectivity index (χ3v) is 4.56. The average Bonchev–Trinajstić information content (AvgIpc) is 2.38. The van der Waals surface area contributed by atoms with Gasteiger partial charge in [0.25, 0.3) is 0 Å². The number of rotatable bonds is 8. The van der Waals surface area contributed by atoms with E-state index >= 15 is 0 Å². The number of halogens is 2. The van der Waals surface area contributed by atoms with Crippen LogP contribution in [0.25, 0.3) is 0 Å². The molecule has 20 heavy (non-hydrogen) atoms. The van der Waals surface area contributed by atoms with Gasteiger partial charge in [-0.05, 0) is 36.1 Å². The first-order valence-electron chi connectivity index (χ1n) is 7.65. The third-order valence-electron chi connectivity index (χ3n) is 3.91. The predicted molar refractivity (Wildman–Crippen MR) is 91.0 cm³/mol. The molecule has 0 fully saturated rings. The highest BCUT2D eigenvalue weighted by Gasteiger charge is 2.24. The molecule has 1 nitrogen and oxygen atoms in total. The predicted octanol–water partition coefficient (Wildman–Crippen LogP) is 5.76. The Morgan fingerprint density at radius 1 is 1.00 bits per heavy atom. The summed E-state index contributed by atoms with van der Waals surface area (Å²) in [6.45, 7) is 10.9. The smallest absolute Gasteiger partial charge is 0.0456 e. The van der Waals surface area contributed by atoms with Gasteiger partial charge in [0.2, 0.25) is 0 Å². The Bertz CT molecular complexity index is 380. The summed E-state index contributed by atoms with van der Waals surface area (Å²) in [6.07, 6.45) is 2.29. The van der Waals surface area contributed by atoms with Crippen molar-refractivity contribution in [3.63, 3.8) is 0 Å². The molecule has 0 radical (unpaired) electrons. The second-order valence-electron chi connectivity index (χ2n) is 5.87. The lowest BCUT2D eigenvalue weighted by Crippen LogP contribution is -2.29. The van der Waals surface area contributed by atoms with Crippen LogP contribution in [-0.2, 0) is 0 Å². The van der Waals surface area contributed by atoms with Crippen LogP contribution in [0.4, 0.5) is 0 Å². The molecule has 3 heteroatoms. The molecule has 1 aromatic carbocycles. The summed E-state index contributed by atoms with van der Waals surface area (Å²) in [7, 11) is 0. The van der Waals surface area contributed by atoms with Gasteiger partial charge in [-0.2, -0.15) is 0 Å². The topological polar surface area (TPSA) is 12.0 Å². The zero-order chi connectivity index (χ0) is 15.1. The maximum absolute atomic E-state index is 6.41. The Hall–Kier alpha value is -0.240. The lowest BCUT2D eigenvalue weighted by Gasteiger charge is -2.28. The minimum Gasteiger partial charge on any atom is -0.316 e. The van der Waals surface area contributed by atoms with E-state index in [9.17, 15) is 0 Å². The SMILES string of the molecule is CCC(CC)C(CNCC(C)C)c1c(Cl)cccc1Cl. The molecule has 0 amide bonds. The van der Waals surface area contributed by atoms with E-state index in [1.54, 1.807) is 0 Å². The molecule has 1 aromatic rings. The van der Waals surface area contributed by atoms with E-state index < -0.39 is 0 Å². The standard InChI is InChI=1S/C17H27Cl2N/c1-5-13(6-2)14(11-20-10-12(3)4)17-15(18)8-7-9-16(17)19/h7-9,12-14,20H,5-6,10-11H2,1-4H3. The Kier molecular flexibility index (Phi) is 7.94. The zero-order valence-electron chi connectivity index (χ0n) is 13.0. The van der Waals surface area contributed by atoms with Crippen molar-refractivity contribution in [2.75, 3.05) is 13.1 Å². The van der Waals surface area contributed by atoms with Crippen LogP contribution < -0.4 is 5.32 Å². The lowest BCUT2D eigenvalue weighted by atomic mass is 9.82. The largest absolute Gasteiger partial charge is 0.316 e. The van der Waals surface area contributed by atoms with Crippen LogP contribution >= 0.6 is 23.2 Å². The molecular formula is C17H27Cl2N. The molecule has 1 N–H and O–H groups in total. The molecule has 1 rings (SSSR count). The molecule has 0 saturated carbocycles. The summed E-state index contributed by atoms with van der Waals surface area (Å²) < 4.78 is 0. The summed E-state index contributed by atoms with van der Waals surface area (Å²) in [5.74, 6) is 1.64. The fourth-order valence-corrected chi connectivity index (χ4v) is 3.43. The van der Waals surface area contributed by atoms with E-state index in [2.05, 4.69) is 33.0 Å². The summed E-state index contributed by atoms with van der Waals surface area (Å²) >= 11 is 12.8. The summed E-state index contributed by atoms with van der Waals surface area (Å²) in [5.41, 5.74) is 1.11. The van der Waals surface area contributed by atoms with Crippen LogP contribution in [0, 0.1) is 11.8 Å². The quantitative estimate of drug-likeness (QED) is 0.643. The zero-order valence-corrected chi connectivity index (χ0v) is 14.6. The fourth-order valence-electron chi connectivity index (χ4n) is 2.75. The Morgan fingerprint density at radius 2 is 1.55 bits per heavy atom. The number of benzene rings is 1. The molecule has 1 unspecified atom stereocenters. The highest BCUT2D eigenvalue weighted by molar-refractivity contribution is 6.36. The highest BCUT2D eigenvalue weighted by atomic mass is 35.5. The molecule has 0 heterocycles. The van der Waals surface area contributed by atoms with E-state index in [4.69, 9.17) is 23.2 Å². The van der Waals surface area contributed by atoms with Crippen molar-refractivity contribution in [2.45, 2.75) is 46.5 Å². The van der Waals surface area contributed by atoms with Gasteiger partial charge in [0.15, 0.2) is 0 Å². The average molecular weight is 316 g/mol. The molecule has 0 saturated heterocycles. The van der Waals surface area contributed by atoms with E-state index in [0.717, 1.165) is 41.5 Å². The molecule has 1 atom stereocenters. The van der Waals surface area contributed by atoms with Gasteiger partial charge in [-0.15, -0.1) is 0 Å². The van der Waals surface area contributed by atoms with Crippen molar-refractivity contribution in [3.8, 4) is 0 Å². The van der Waals surface area contributed by atoms with Gasteiger partial charge in [0, 0.05) is 22.5 Å². The van der Waals surface area contributed by atoms with Crippen LogP contribution in [0.2, 0.25) is 10.0 Å². The Balaban J connectivity index is 2.97. The van der Waals surface area contributed by atoms with E-state index in [1.807, 2.05) is 18.2 Å². The van der Waals surface area contributed by atoms with Gasteiger partial charge in [0.1, 0.15) is 0 Å². The molecule has 0 bridgehead atoms. The highest BCUT2D eigenvalue weighted by Crippen LogP contribution is 2.37. The first kappa shape index (κ1) is 17.8. The Morgan fingerprint density at radius 3 is 2.00 bits per heavy atom. The molecule has 0 aliphatic carbocycles. The van der Waals surface area contributed by atoms with Crippen LogP contribution in [0.15, 0.2) is 18.2 Å². The van der Waals surface area contributed by atoms with Gasteiger partial charge in [-0.1, -0.05) is 69.8 Å². The van der Waals surface area contributed by atoms with Crippen molar-refractivity contribution in [3.05, 3.63) is 33.8 Å². The van der Waals surface area contributed by atoms with Gasteiger partial charge >= 0.3 is 0 Å². The van der Waals surface area contributed by atoms with Crippen molar-refractivity contribution in [2.24, 2.45) is 11.8 Å². The minimum atomic E-state index is 0.380. The molecule has 114 valence electrons. The third kappa shape index (κ3) is 4.95. The second-order valence-corrected chi connectivity index (χ2v) is 6.68. The van der Waals surface area contributed by atoms with Crippen LogP contribution in [0.5, 0.6) is 0 Å². The lowest BCUT2D eigenvalue weighted by molar-refractivity contribution is 0.373.